The summed E-state index contributed by atoms with van der Waals surface area (Å²) in [5, 5.41) is 10.7. The largest absolute Gasteiger partial charge is 0.413 e. The summed E-state index contributed by atoms with van der Waals surface area (Å²) >= 11 is 0. The Labute approximate surface area is 153 Å². The molecule has 0 aromatic heterocycles. The standard InChI is InChI=1S/C20H34O4Si/c1-19(2,3)25(6,7)23-13-15-8-10-16(11-9-15)18(21)12-17-14-22-20(4,5)24-17/h8-11,17-18,21H,12-14H2,1-7H3/t17-,18+/m1/s1. The molecule has 5 heteroatoms. The molecular formula is C20H34O4Si. The number of benzene rings is 1. The quantitative estimate of drug-likeness (QED) is 0.736. The van der Waals surface area contributed by atoms with E-state index in [4.69, 9.17) is 13.9 Å². The fourth-order valence-electron chi connectivity index (χ4n) is 2.58. The number of rotatable bonds is 6. The van der Waals surface area contributed by atoms with Crippen LogP contribution in [0, 0.1) is 0 Å². The molecule has 0 unspecified atom stereocenters. The highest BCUT2D eigenvalue weighted by Crippen LogP contribution is 2.37. The van der Waals surface area contributed by atoms with Crippen molar-refractivity contribution in [3.05, 3.63) is 35.4 Å². The van der Waals surface area contributed by atoms with Crippen molar-refractivity contribution in [2.45, 2.75) is 83.8 Å². The summed E-state index contributed by atoms with van der Waals surface area (Å²) in [6.45, 7) is 16.2. The van der Waals surface area contributed by atoms with Crippen molar-refractivity contribution in [1.29, 1.82) is 0 Å². The monoisotopic (exact) mass is 366 g/mol. The van der Waals surface area contributed by atoms with Crippen molar-refractivity contribution >= 4 is 8.32 Å². The normalized spacial score (nSPS) is 22.2. The molecule has 1 aliphatic heterocycles. The third kappa shape index (κ3) is 5.63. The van der Waals surface area contributed by atoms with E-state index in [0.717, 1.165) is 11.1 Å². The lowest BCUT2D eigenvalue weighted by atomic mass is 10.0. The minimum Gasteiger partial charge on any atom is -0.413 e. The highest BCUT2D eigenvalue weighted by molar-refractivity contribution is 6.74. The molecule has 1 aromatic carbocycles. The van der Waals surface area contributed by atoms with Gasteiger partial charge in [-0.15, -0.1) is 0 Å². The second kappa shape index (κ2) is 7.49. The van der Waals surface area contributed by atoms with Gasteiger partial charge < -0.3 is 19.0 Å². The van der Waals surface area contributed by atoms with Gasteiger partial charge in [-0.25, -0.2) is 0 Å². The Morgan fingerprint density at radius 1 is 1.24 bits per heavy atom. The van der Waals surface area contributed by atoms with Crippen LogP contribution in [0.25, 0.3) is 0 Å². The van der Waals surface area contributed by atoms with Crippen molar-refractivity contribution in [2.24, 2.45) is 0 Å². The molecular weight excluding hydrogens is 332 g/mol. The Kier molecular flexibility index (Phi) is 6.17. The molecule has 142 valence electrons. The van der Waals surface area contributed by atoms with E-state index < -0.39 is 20.2 Å². The van der Waals surface area contributed by atoms with Crippen LogP contribution in [0.15, 0.2) is 24.3 Å². The molecule has 1 saturated heterocycles. The van der Waals surface area contributed by atoms with Crippen molar-refractivity contribution in [3.63, 3.8) is 0 Å². The van der Waals surface area contributed by atoms with Gasteiger partial charge in [-0.3, -0.25) is 0 Å². The Balaban J connectivity index is 1.89. The summed E-state index contributed by atoms with van der Waals surface area (Å²) in [6, 6.07) is 8.05. The predicted octanol–water partition coefficient (Wildman–Crippen LogP) is 4.78. The van der Waals surface area contributed by atoms with Crippen LogP contribution in [0.5, 0.6) is 0 Å². The van der Waals surface area contributed by atoms with E-state index in [-0.39, 0.29) is 11.1 Å². The van der Waals surface area contributed by atoms with Crippen LogP contribution in [-0.2, 0) is 20.5 Å². The fraction of sp³-hybridized carbons (Fsp3) is 0.700. The van der Waals surface area contributed by atoms with Gasteiger partial charge in [0.05, 0.1) is 25.4 Å². The lowest BCUT2D eigenvalue weighted by molar-refractivity contribution is -0.141. The maximum absolute atomic E-state index is 10.4. The zero-order valence-corrected chi connectivity index (χ0v) is 17.8. The molecule has 1 aliphatic rings. The maximum Gasteiger partial charge on any atom is 0.192 e. The molecule has 1 aromatic rings. The molecule has 0 spiro atoms. The Morgan fingerprint density at radius 3 is 2.32 bits per heavy atom. The van der Waals surface area contributed by atoms with Gasteiger partial charge in [-0.05, 0) is 43.1 Å². The highest BCUT2D eigenvalue weighted by atomic mass is 28.4. The molecule has 0 amide bonds. The van der Waals surface area contributed by atoms with E-state index in [0.29, 0.717) is 19.6 Å². The summed E-state index contributed by atoms with van der Waals surface area (Å²) in [5.74, 6) is -0.546. The fourth-order valence-corrected chi connectivity index (χ4v) is 3.54. The van der Waals surface area contributed by atoms with Gasteiger partial charge in [0, 0.05) is 6.42 Å². The molecule has 0 saturated carbocycles. The summed E-state index contributed by atoms with van der Waals surface area (Å²) in [6.07, 6.45) is -0.0621. The van der Waals surface area contributed by atoms with Gasteiger partial charge in [0.25, 0.3) is 0 Å². The minimum absolute atomic E-state index is 0.0633. The summed E-state index contributed by atoms with van der Waals surface area (Å²) in [5.41, 5.74) is 2.05. The van der Waals surface area contributed by atoms with E-state index in [1.165, 1.54) is 0 Å². The lowest BCUT2D eigenvalue weighted by Gasteiger charge is -2.36. The first-order valence-corrected chi connectivity index (χ1v) is 12.0. The van der Waals surface area contributed by atoms with E-state index >= 15 is 0 Å². The van der Waals surface area contributed by atoms with Crippen LogP contribution in [0.1, 0.15) is 58.3 Å². The first kappa shape index (κ1) is 20.6. The van der Waals surface area contributed by atoms with Gasteiger partial charge in [0.15, 0.2) is 14.1 Å². The van der Waals surface area contributed by atoms with Crippen molar-refractivity contribution < 1.29 is 19.0 Å². The second-order valence-corrected chi connectivity index (χ2v) is 13.8. The Bertz CT molecular complexity index is 560. The zero-order valence-electron chi connectivity index (χ0n) is 16.8. The molecule has 0 radical (unpaired) electrons. The number of aliphatic hydroxyl groups is 1. The number of hydrogen-bond acceptors (Lipinski definition) is 4. The average molecular weight is 367 g/mol. The summed E-state index contributed by atoms with van der Waals surface area (Å²) < 4.78 is 17.6. The van der Waals surface area contributed by atoms with Gasteiger partial charge in [-0.2, -0.15) is 0 Å². The van der Waals surface area contributed by atoms with Crippen LogP contribution in [0.4, 0.5) is 0 Å². The van der Waals surface area contributed by atoms with Crippen LogP contribution >= 0.6 is 0 Å². The first-order valence-electron chi connectivity index (χ1n) is 9.12. The van der Waals surface area contributed by atoms with E-state index in [2.05, 4.69) is 33.9 Å². The van der Waals surface area contributed by atoms with E-state index in [1.807, 2.05) is 38.1 Å². The molecule has 1 N–H and O–H groups in total. The van der Waals surface area contributed by atoms with Crippen molar-refractivity contribution in [2.75, 3.05) is 6.61 Å². The first-order chi connectivity index (χ1) is 11.4. The molecule has 0 bridgehead atoms. The Hall–Kier alpha value is -0.723. The van der Waals surface area contributed by atoms with Crippen LogP contribution in [-0.4, -0.2) is 31.9 Å². The molecule has 0 aliphatic carbocycles. The van der Waals surface area contributed by atoms with Gasteiger partial charge >= 0.3 is 0 Å². The van der Waals surface area contributed by atoms with Gasteiger partial charge in [0.2, 0.25) is 0 Å². The van der Waals surface area contributed by atoms with Crippen LogP contribution < -0.4 is 0 Å². The third-order valence-corrected chi connectivity index (χ3v) is 9.80. The van der Waals surface area contributed by atoms with E-state index in [1.54, 1.807) is 0 Å². The molecule has 1 heterocycles. The molecule has 4 nitrogen and oxygen atoms in total. The minimum atomic E-state index is -1.74. The molecule has 1 fully saturated rings. The Morgan fingerprint density at radius 2 is 1.84 bits per heavy atom. The third-order valence-electron chi connectivity index (χ3n) is 5.32. The maximum atomic E-state index is 10.4. The lowest BCUT2D eigenvalue weighted by Crippen LogP contribution is -2.40. The van der Waals surface area contributed by atoms with Crippen molar-refractivity contribution in [1.82, 2.24) is 0 Å². The predicted molar refractivity (Wildman–Crippen MR) is 103 cm³/mol. The molecule has 2 rings (SSSR count). The van der Waals surface area contributed by atoms with Gasteiger partial charge in [0.1, 0.15) is 0 Å². The van der Waals surface area contributed by atoms with Crippen molar-refractivity contribution in [3.8, 4) is 0 Å². The number of aliphatic hydroxyl groups excluding tert-OH is 1. The SMILES string of the molecule is CC1(C)OC[C@@H](C[C@H](O)c2ccc(CO[Si](C)(C)C(C)(C)C)cc2)O1. The summed E-state index contributed by atoms with van der Waals surface area (Å²) in [4.78, 5) is 0. The second-order valence-electron chi connectivity index (χ2n) is 8.99. The summed E-state index contributed by atoms with van der Waals surface area (Å²) in [7, 11) is -1.74. The van der Waals surface area contributed by atoms with E-state index in [9.17, 15) is 5.11 Å². The number of ether oxygens (including phenoxy) is 2. The van der Waals surface area contributed by atoms with Crippen LogP contribution in [0.2, 0.25) is 18.1 Å². The highest BCUT2D eigenvalue weighted by Gasteiger charge is 2.37. The van der Waals surface area contributed by atoms with Gasteiger partial charge in [-0.1, -0.05) is 45.0 Å². The average Bonchev–Trinajstić information content (AvgIpc) is 2.83. The topological polar surface area (TPSA) is 47.9 Å². The smallest absolute Gasteiger partial charge is 0.192 e. The molecule has 2 atom stereocenters. The van der Waals surface area contributed by atoms with Crippen LogP contribution in [0.3, 0.4) is 0 Å². The zero-order chi connectivity index (χ0) is 18.9. The molecule has 25 heavy (non-hydrogen) atoms. The number of hydrogen-bond donors (Lipinski definition) is 1.